The van der Waals surface area contributed by atoms with E-state index in [1.165, 1.54) is 4.70 Å². The van der Waals surface area contributed by atoms with Crippen LogP contribution in [0.15, 0.2) is 24.3 Å². The van der Waals surface area contributed by atoms with Crippen molar-refractivity contribution >= 4 is 33.4 Å². The molecule has 0 aliphatic heterocycles. The van der Waals surface area contributed by atoms with Crippen LogP contribution in [0.4, 0.5) is 0 Å². The first kappa shape index (κ1) is 16.4. The fourth-order valence-corrected chi connectivity index (χ4v) is 3.27. The summed E-state index contributed by atoms with van der Waals surface area (Å²) in [6.45, 7) is 2.70. The molecule has 1 heterocycles. The maximum absolute atomic E-state index is 12.1. The molecule has 2 rings (SSSR count). The monoisotopic (exact) mass is 320 g/mol. The standard InChI is InChI=1S/C16H20N2O3S/c1-2-18(11-10-16(20)21)15(19)9-5-8-14-17-12-6-3-4-7-13(12)22-14/h3-4,6-7H,2,5,8-11H2,1H3,(H,20,21). The van der Waals surface area contributed by atoms with Crippen LogP contribution >= 0.6 is 11.3 Å². The summed E-state index contributed by atoms with van der Waals surface area (Å²) in [7, 11) is 0. The number of nitrogens with zero attached hydrogens (tertiary/aromatic N) is 2. The van der Waals surface area contributed by atoms with E-state index in [1.54, 1.807) is 16.2 Å². The van der Waals surface area contributed by atoms with E-state index in [2.05, 4.69) is 4.98 Å². The zero-order valence-corrected chi connectivity index (χ0v) is 13.4. The average Bonchev–Trinajstić information content (AvgIpc) is 2.90. The lowest BCUT2D eigenvalue weighted by molar-refractivity contribution is -0.138. The van der Waals surface area contributed by atoms with E-state index in [0.717, 1.165) is 23.4 Å². The molecule has 0 radical (unpaired) electrons. The molecule has 1 aromatic heterocycles. The van der Waals surface area contributed by atoms with E-state index >= 15 is 0 Å². The number of thiazole rings is 1. The van der Waals surface area contributed by atoms with Crippen molar-refractivity contribution in [3.63, 3.8) is 0 Å². The molecule has 22 heavy (non-hydrogen) atoms. The zero-order valence-electron chi connectivity index (χ0n) is 12.6. The van der Waals surface area contributed by atoms with Crippen LogP contribution in [0.3, 0.4) is 0 Å². The van der Waals surface area contributed by atoms with Gasteiger partial charge in [0.25, 0.3) is 0 Å². The van der Waals surface area contributed by atoms with Gasteiger partial charge in [-0.15, -0.1) is 11.3 Å². The summed E-state index contributed by atoms with van der Waals surface area (Å²) < 4.78 is 1.17. The molecule has 0 fully saturated rings. The van der Waals surface area contributed by atoms with Gasteiger partial charge in [0, 0.05) is 19.5 Å². The van der Waals surface area contributed by atoms with Gasteiger partial charge >= 0.3 is 5.97 Å². The largest absolute Gasteiger partial charge is 0.481 e. The number of carbonyl (C=O) groups excluding carboxylic acids is 1. The summed E-state index contributed by atoms with van der Waals surface area (Å²) in [6.07, 6.45) is 1.95. The topological polar surface area (TPSA) is 70.5 Å². The van der Waals surface area contributed by atoms with E-state index in [4.69, 9.17) is 5.11 Å². The van der Waals surface area contributed by atoms with Crippen molar-refractivity contribution in [1.29, 1.82) is 0 Å². The fourth-order valence-electron chi connectivity index (χ4n) is 2.27. The summed E-state index contributed by atoms with van der Waals surface area (Å²) in [5.41, 5.74) is 1.01. The molecule has 0 aliphatic carbocycles. The van der Waals surface area contributed by atoms with Crippen molar-refractivity contribution in [2.45, 2.75) is 32.6 Å². The molecule has 118 valence electrons. The molecule has 1 N–H and O–H groups in total. The third kappa shape index (κ3) is 4.53. The van der Waals surface area contributed by atoms with E-state index < -0.39 is 5.97 Å². The third-order valence-electron chi connectivity index (χ3n) is 3.45. The number of carboxylic acid groups (broad SMARTS) is 1. The number of aromatic nitrogens is 1. The second kappa shape index (κ2) is 7.89. The first-order valence-electron chi connectivity index (χ1n) is 7.44. The van der Waals surface area contributed by atoms with Crippen LogP contribution in [0.1, 0.15) is 31.2 Å². The number of rotatable bonds is 8. The molecular weight excluding hydrogens is 300 g/mol. The minimum atomic E-state index is -0.874. The van der Waals surface area contributed by atoms with Crippen LogP contribution in [0, 0.1) is 0 Å². The van der Waals surface area contributed by atoms with Gasteiger partial charge in [-0.05, 0) is 31.9 Å². The van der Waals surface area contributed by atoms with Crippen LogP contribution in [-0.4, -0.2) is 40.0 Å². The minimum absolute atomic E-state index is 0.00253. The molecule has 0 aliphatic rings. The van der Waals surface area contributed by atoms with Crippen molar-refractivity contribution in [2.24, 2.45) is 0 Å². The Kier molecular flexibility index (Phi) is 5.89. The molecule has 1 aromatic carbocycles. The summed E-state index contributed by atoms with van der Waals surface area (Å²) in [4.78, 5) is 28.8. The molecule has 0 spiro atoms. The highest BCUT2D eigenvalue weighted by molar-refractivity contribution is 7.18. The quantitative estimate of drug-likeness (QED) is 0.812. The number of carbonyl (C=O) groups is 2. The SMILES string of the molecule is CCN(CCC(=O)O)C(=O)CCCc1nc2ccccc2s1. The molecule has 0 unspecified atom stereocenters. The first-order valence-corrected chi connectivity index (χ1v) is 8.25. The fraction of sp³-hybridized carbons (Fsp3) is 0.438. The van der Waals surface area contributed by atoms with Gasteiger partial charge in [0.05, 0.1) is 21.6 Å². The van der Waals surface area contributed by atoms with E-state index in [-0.39, 0.29) is 18.9 Å². The van der Waals surface area contributed by atoms with Crippen molar-refractivity contribution in [3.05, 3.63) is 29.3 Å². The number of aliphatic carboxylic acids is 1. The Balaban J connectivity index is 1.81. The highest BCUT2D eigenvalue weighted by Crippen LogP contribution is 2.22. The molecule has 0 atom stereocenters. The average molecular weight is 320 g/mol. The van der Waals surface area contributed by atoms with Crippen molar-refractivity contribution in [2.75, 3.05) is 13.1 Å². The third-order valence-corrected chi connectivity index (χ3v) is 4.55. The number of para-hydroxylation sites is 1. The molecule has 1 amide bonds. The maximum Gasteiger partial charge on any atom is 0.305 e. The first-order chi connectivity index (χ1) is 10.6. The number of fused-ring (bicyclic) bond motifs is 1. The lowest BCUT2D eigenvalue weighted by Gasteiger charge is -2.19. The van der Waals surface area contributed by atoms with E-state index in [9.17, 15) is 9.59 Å². The van der Waals surface area contributed by atoms with Crippen molar-refractivity contribution in [3.8, 4) is 0 Å². The Morgan fingerprint density at radius 2 is 2.05 bits per heavy atom. The molecule has 0 bridgehead atoms. The Bertz CT molecular complexity index is 621. The minimum Gasteiger partial charge on any atom is -0.481 e. The predicted molar refractivity (Wildman–Crippen MR) is 87.1 cm³/mol. The molecule has 2 aromatic rings. The smallest absolute Gasteiger partial charge is 0.305 e. The van der Waals surface area contributed by atoms with E-state index in [1.807, 2.05) is 31.2 Å². The van der Waals surface area contributed by atoms with Gasteiger partial charge in [-0.25, -0.2) is 4.98 Å². The number of benzene rings is 1. The number of hydrogen-bond acceptors (Lipinski definition) is 4. The summed E-state index contributed by atoms with van der Waals surface area (Å²) in [6, 6.07) is 8.00. The van der Waals surface area contributed by atoms with Crippen LogP contribution in [0.25, 0.3) is 10.2 Å². The normalized spacial score (nSPS) is 10.8. The summed E-state index contributed by atoms with van der Waals surface area (Å²) in [5, 5.41) is 9.73. The number of amides is 1. The van der Waals surface area contributed by atoms with E-state index in [0.29, 0.717) is 13.0 Å². The Labute approximate surface area is 133 Å². The van der Waals surface area contributed by atoms with Gasteiger partial charge in [0.2, 0.25) is 5.91 Å². The summed E-state index contributed by atoms with van der Waals surface area (Å²) >= 11 is 1.66. The second-order valence-corrected chi connectivity index (χ2v) is 6.16. The Morgan fingerprint density at radius 3 is 2.73 bits per heavy atom. The second-order valence-electron chi connectivity index (χ2n) is 5.05. The van der Waals surface area contributed by atoms with Gasteiger partial charge in [-0.1, -0.05) is 12.1 Å². The van der Waals surface area contributed by atoms with Crippen LogP contribution in [0.2, 0.25) is 0 Å². The highest BCUT2D eigenvalue weighted by atomic mass is 32.1. The van der Waals surface area contributed by atoms with Crippen molar-refractivity contribution < 1.29 is 14.7 Å². The van der Waals surface area contributed by atoms with Crippen LogP contribution < -0.4 is 0 Å². The van der Waals surface area contributed by atoms with Gasteiger partial charge in [-0.3, -0.25) is 9.59 Å². The molecule has 0 saturated carbocycles. The molecular formula is C16H20N2O3S. The number of aryl methyl sites for hydroxylation is 1. The van der Waals surface area contributed by atoms with Gasteiger partial charge in [0.15, 0.2) is 0 Å². The van der Waals surface area contributed by atoms with Crippen LogP contribution in [-0.2, 0) is 16.0 Å². The van der Waals surface area contributed by atoms with Gasteiger partial charge in [0.1, 0.15) is 0 Å². The lowest BCUT2D eigenvalue weighted by Crippen LogP contribution is -2.32. The molecule has 0 saturated heterocycles. The predicted octanol–water partition coefficient (Wildman–Crippen LogP) is 2.94. The van der Waals surface area contributed by atoms with Gasteiger partial charge in [-0.2, -0.15) is 0 Å². The lowest BCUT2D eigenvalue weighted by atomic mass is 10.2. The molecule has 5 nitrogen and oxygen atoms in total. The maximum atomic E-state index is 12.1. The molecule has 6 heteroatoms. The Hall–Kier alpha value is -1.95. The Morgan fingerprint density at radius 1 is 1.27 bits per heavy atom. The zero-order chi connectivity index (χ0) is 15.9. The van der Waals surface area contributed by atoms with Gasteiger partial charge < -0.3 is 10.0 Å². The highest BCUT2D eigenvalue weighted by Gasteiger charge is 2.13. The van der Waals surface area contributed by atoms with Crippen LogP contribution in [0.5, 0.6) is 0 Å². The number of carboxylic acids is 1. The van der Waals surface area contributed by atoms with Crippen molar-refractivity contribution in [1.82, 2.24) is 9.88 Å². The summed E-state index contributed by atoms with van der Waals surface area (Å²) in [5.74, 6) is -0.856. The number of hydrogen-bond donors (Lipinski definition) is 1.